The first kappa shape index (κ1) is 10.7. The van der Waals surface area contributed by atoms with E-state index >= 15 is 0 Å². The molecule has 0 radical (unpaired) electrons. The lowest BCUT2D eigenvalue weighted by Crippen LogP contribution is -2.15. The van der Waals surface area contributed by atoms with Gasteiger partial charge in [-0.3, -0.25) is 4.67 Å². The first-order chi connectivity index (χ1) is 6.13. The summed E-state index contributed by atoms with van der Waals surface area (Å²) in [7, 11) is 2.21. The SMILES string of the molecule is C[C@@H](c1ccccc1)N(C)P(C)C. The van der Waals surface area contributed by atoms with Gasteiger partial charge in [-0.25, -0.2) is 0 Å². The molecule has 0 saturated carbocycles. The molecule has 0 fully saturated rings. The molecule has 0 aliphatic heterocycles. The van der Waals surface area contributed by atoms with Gasteiger partial charge in [0.1, 0.15) is 0 Å². The van der Waals surface area contributed by atoms with Crippen molar-refractivity contribution >= 4 is 8.07 Å². The van der Waals surface area contributed by atoms with Crippen molar-refractivity contribution in [1.82, 2.24) is 4.67 Å². The van der Waals surface area contributed by atoms with Crippen molar-refractivity contribution in [3.05, 3.63) is 35.9 Å². The lowest BCUT2D eigenvalue weighted by Gasteiger charge is -2.28. The highest BCUT2D eigenvalue weighted by Crippen LogP contribution is 2.37. The molecule has 72 valence electrons. The van der Waals surface area contributed by atoms with Gasteiger partial charge in [0.2, 0.25) is 0 Å². The van der Waals surface area contributed by atoms with Gasteiger partial charge in [-0.15, -0.1) is 0 Å². The average Bonchev–Trinajstić information content (AvgIpc) is 2.17. The smallest absolute Gasteiger partial charge is 0.0353 e. The Morgan fingerprint density at radius 1 is 1.15 bits per heavy atom. The maximum atomic E-state index is 2.44. The number of rotatable bonds is 3. The first-order valence-corrected chi connectivity index (χ1v) is 6.77. The fourth-order valence-electron chi connectivity index (χ4n) is 1.29. The molecule has 13 heavy (non-hydrogen) atoms. The third kappa shape index (κ3) is 2.79. The molecule has 0 aromatic heterocycles. The minimum Gasteiger partial charge on any atom is -0.278 e. The summed E-state index contributed by atoms with van der Waals surface area (Å²) in [5.41, 5.74) is 1.40. The summed E-state index contributed by atoms with van der Waals surface area (Å²) in [6.45, 7) is 6.83. The van der Waals surface area contributed by atoms with Crippen LogP contribution in [0.15, 0.2) is 30.3 Å². The second-order valence-electron chi connectivity index (χ2n) is 3.51. The minimum absolute atomic E-state index is 0.00862. The van der Waals surface area contributed by atoms with E-state index in [2.05, 4.69) is 62.3 Å². The van der Waals surface area contributed by atoms with E-state index in [0.717, 1.165) is 0 Å². The molecule has 1 aromatic rings. The normalized spacial score (nSPS) is 13.7. The molecular formula is C11H18NP. The lowest BCUT2D eigenvalue weighted by molar-refractivity contribution is 0.441. The predicted octanol–water partition coefficient (Wildman–Crippen LogP) is 3.34. The van der Waals surface area contributed by atoms with Crippen molar-refractivity contribution in [3.8, 4) is 0 Å². The molecule has 0 spiro atoms. The Morgan fingerprint density at radius 3 is 2.15 bits per heavy atom. The van der Waals surface area contributed by atoms with Crippen LogP contribution in [0.4, 0.5) is 0 Å². The molecular weight excluding hydrogens is 177 g/mol. The van der Waals surface area contributed by atoms with Crippen molar-refractivity contribution in [1.29, 1.82) is 0 Å². The molecule has 1 atom stereocenters. The Kier molecular flexibility index (Phi) is 3.90. The lowest BCUT2D eigenvalue weighted by atomic mass is 10.1. The van der Waals surface area contributed by atoms with Crippen LogP contribution in [-0.2, 0) is 0 Å². The highest BCUT2D eigenvalue weighted by molar-refractivity contribution is 7.53. The highest BCUT2D eigenvalue weighted by atomic mass is 31.1. The van der Waals surface area contributed by atoms with Gasteiger partial charge in [0, 0.05) is 6.04 Å². The molecule has 0 saturated heterocycles. The summed E-state index contributed by atoms with van der Waals surface area (Å²) in [5, 5.41) is 0. The Balaban J connectivity index is 2.73. The number of nitrogens with zero attached hydrogens (tertiary/aromatic N) is 1. The first-order valence-electron chi connectivity index (χ1n) is 4.58. The van der Waals surface area contributed by atoms with Crippen molar-refractivity contribution in [3.63, 3.8) is 0 Å². The zero-order chi connectivity index (χ0) is 9.84. The van der Waals surface area contributed by atoms with E-state index in [9.17, 15) is 0 Å². The van der Waals surface area contributed by atoms with Crippen LogP contribution in [0.3, 0.4) is 0 Å². The highest BCUT2D eigenvalue weighted by Gasteiger charge is 2.12. The Hall–Kier alpha value is -0.390. The number of benzene rings is 1. The summed E-state index contributed by atoms with van der Waals surface area (Å²) < 4.78 is 2.44. The van der Waals surface area contributed by atoms with Crippen LogP contribution in [0.25, 0.3) is 0 Å². The third-order valence-corrected chi connectivity index (χ3v) is 4.08. The molecule has 0 amide bonds. The molecule has 0 unspecified atom stereocenters. The van der Waals surface area contributed by atoms with E-state index in [4.69, 9.17) is 0 Å². The third-order valence-electron chi connectivity index (χ3n) is 2.47. The van der Waals surface area contributed by atoms with Gasteiger partial charge in [-0.05, 0) is 40.9 Å². The standard InChI is InChI=1S/C11H18NP/c1-10(12(2)13(3)4)11-8-6-5-7-9-11/h5-10H,1-4H3/t10-/m0/s1. The average molecular weight is 195 g/mol. The van der Waals surface area contributed by atoms with Gasteiger partial charge in [0.05, 0.1) is 0 Å². The van der Waals surface area contributed by atoms with Crippen LogP contribution in [-0.4, -0.2) is 25.0 Å². The maximum Gasteiger partial charge on any atom is 0.0353 e. The molecule has 1 aromatic carbocycles. The summed E-state index contributed by atoms with van der Waals surface area (Å²) in [6, 6.07) is 11.2. The van der Waals surface area contributed by atoms with E-state index in [1.165, 1.54) is 5.56 Å². The fourth-order valence-corrected chi connectivity index (χ4v) is 2.12. The zero-order valence-corrected chi connectivity index (χ0v) is 9.75. The van der Waals surface area contributed by atoms with Crippen molar-refractivity contribution in [2.24, 2.45) is 0 Å². The Labute approximate surface area is 82.6 Å². The van der Waals surface area contributed by atoms with Crippen molar-refractivity contribution in [2.75, 3.05) is 20.4 Å². The van der Waals surface area contributed by atoms with Gasteiger partial charge >= 0.3 is 0 Å². The Bertz CT molecular complexity index is 246. The van der Waals surface area contributed by atoms with Crippen LogP contribution in [0.2, 0.25) is 0 Å². The van der Waals surface area contributed by atoms with E-state index in [1.807, 2.05) is 0 Å². The quantitative estimate of drug-likeness (QED) is 0.668. The van der Waals surface area contributed by atoms with Crippen molar-refractivity contribution in [2.45, 2.75) is 13.0 Å². The molecule has 0 heterocycles. The van der Waals surface area contributed by atoms with Crippen LogP contribution >= 0.6 is 8.07 Å². The zero-order valence-electron chi connectivity index (χ0n) is 8.86. The van der Waals surface area contributed by atoms with Gasteiger partial charge in [-0.1, -0.05) is 30.3 Å². The Morgan fingerprint density at radius 2 is 1.69 bits per heavy atom. The number of hydrogen-bond donors (Lipinski definition) is 0. The molecule has 0 aliphatic rings. The summed E-state index contributed by atoms with van der Waals surface area (Å²) in [4.78, 5) is 0. The van der Waals surface area contributed by atoms with Crippen LogP contribution in [0.1, 0.15) is 18.5 Å². The topological polar surface area (TPSA) is 3.24 Å². The minimum atomic E-state index is 0.00862. The molecule has 2 heteroatoms. The van der Waals surface area contributed by atoms with Crippen LogP contribution in [0, 0.1) is 0 Å². The van der Waals surface area contributed by atoms with Crippen LogP contribution in [0.5, 0.6) is 0 Å². The van der Waals surface area contributed by atoms with Crippen LogP contribution < -0.4 is 0 Å². The maximum absolute atomic E-state index is 2.44. The van der Waals surface area contributed by atoms with E-state index in [0.29, 0.717) is 6.04 Å². The second-order valence-corrected chi connectivity index (χ2v) is 5.83. The van der Waals surface area contributed by atoms with E-state index in [1.54, 1.807) is 0 Å². The van der Waals surface area contributed by atoms with E-state index in [-0.39, 0.29) is 8.07 Å². The second kappa shape index (κ2) is 4.74. The largest absolute Gasteiger partial charge is 0.278 e. The van der Waals surface area contributed by atoms with Crippen molar-refractivity contribution < 1.29 is 0 Å². The summed E-state index contributed by atoms with van der Waals surface area (Å²) in [5.74, 6) is 0. The summed E-state index contributed by atoms with van der Waals surface area (Å²) in [6.07, 6.45) is 0. The molecule has 1 rings (SSSR count). The molecule has 1 nitrogen and oxygen atoms in total. The molecule has 0 bridgehead atoms. The number of hydrogen-bond acceptors (Lipinski definition) is 1. The summed E-state index contributed by atoms with van der Waals surface area (Å²) >= 11 is 0. The van der Waals surface area contributed by atoms with Gasteiger partial charge in [-0.2, -0.15) is 0 Å². The molecule has 0 N–H and O–H groups in total. The van der Waals surface area contributed by atoms with Gasteiger partial charge in [0.15, 0.2) is 0 Å². The fraction of sp³-hybridized carbons (Fsp3) is 0.455. The van der Waals surface area contributed by atoms with E-state index < -0.39 is 0 Å². The van der Waals surface area contributed by atoms with Gasteiger partial charge < -0.3 is 0 Å². The van der Waals surface area contributed by atoms with Gasteiger partial charge in [0.25, 0.3) is 0 Å². The monoisotopic (exact) mass is 195 g/mol. The predicted molar refractivity (Wildman–Crippen MR) is 61.4 cm³/mol. The molecule has 0 aliphatic carbocycles.